The van der Waals surface area contributed by atoms with Gasteiger partial charge in [0.25, 0.3) is 0 Å². The Morgan fingerprint density at radius 2 is 0.600 bits per heavy atom. The molecular weight excluding hydrogens is 484 g/mol. The van der Waals surface area contributed by atoms with Crippen molar-refractivity contribution in [2.45, 2.75) is 9.66 Å². The van der Waals surface area contributed by atoms with Crippen LogP contribution in [0.2, 0.25) is 9.66 Å². The molecule has 0 amide bonds. The van der Waals surface area contributed by atoms with E-state index < -0.39 is 0 Å². The fraction of sp³-hybridized carbons (Fsp3) is 1.00. The first-order valence-corrected chi connectivity index (χ1v) is 18.0. The van der Waals surface area contributed by atoms with E-state index in [4.69, 9.17) is 0 Å². The van der Waals surface area contributed by atoms with Crippen molar-refractivity contribution in [1.82, 2.24) is 0 Å². The monoisotopic (exact) mass is 496 g/mol. The Morgan fingerprint density at radius 3 is 0.800 bits per heavy atom. The molecule has 0 saturated carbocycles. The molecule has 0 spiro atoms. The third-order valence-corrected chi connectivity index (χ3v) is 54.0. The summed E-state index contributed by atoms with van der Waals surface area (Å²) in [5.74, 6) is 0. The summed E-state index contributed by atoms with van der Waals surface area (Å²) in [6.45, 7) is 0. The van der Waals surface area contributed by atoms with E-state index in [0.717, 1.165) is 92.6 Å². The molecule has 0 aromatic heterocycles. The van der Waals surface area contributed by atoms with Gasteiger partial charge in [0.1, 0.15) is 0 Å². The van der Waals surface area contributed by atoms with Crippen LogP contribution in [0.3, 0.4) is 0 Å². The second kappa shape index (κ2) is 3.44. The van der Waals surface area contributed by atoms with Crippen LogP contribution in [-0.4, -0.2) is 92.6 Å². The summed E-state index contributed by atoms with van der Waals surface area (Å²) in [6.07, 6.45) is 0. The summed E-state index contributed by atoms with van der Waals surface area (Å²) >= 11 is 4.75. The number of hydrogen-bond acceptors (Lipinski definition) is 0. The van der Waals surface area contributed by atoms with Gasteiger partial charge < -0.3 is 0 Å². The zero-order valence-corrected chi connectivity index (χ0v) is 17.9. The van der Waals surface area contributed by atoms with Crippen molar-refractivity contribution < 1.29 is 0 Å². The summed E-state index contributed by atoms with van der Waals surface area (Å²) in [5, 5.41) is 0. The first-order chi connectivity index (χ1) is 4.90. The molecule has 12 radical (unpaired) electrons. The van der Waals surface area contributed by atoms with Crippen molar-refractivity contribution in [3.63, 3.8) is 0 Å². The normalized spacial score (nSPS) is 57.6. The fourth-order valence-electron chi connectivity index (χ4n) is 1.58. The molecule has 0 N–H and O–H groups in total. The van der Waals surface area contributed by atoms with E-state index in [1.165, 1.54) is 0 Å². The molecule has 44 valence electrons. The van der Waals surface area contributed by atoms with Gasteiger partial charge in [-0.05, 0) is 0 Å². The van der Waals surface area contributed by atoms with Crippen molar-refractivity contribution >= 4 is 92.6 Å². The van der Waals surface area contributed by atoms with Crippen molar-refractivity contribution in [2.75, 3.05) is 0 Å². The minimum atomic E-state index is 0.792. The second-order valence-electron chi connectivity index (χ2n) is 2.73. The molecule has 10 heavy (non-hydrogen) atoms. The zero-order chi connectivity index (χ0) is 6.55. The molecular formula is C4H4Ge6. The molecule has 4 saturated heterocycles. The van der Waals surface area contributed by atoms with E-state index >= 15 is 0 Å². The molecule has 0 aliphatic carbocycles. The van der Waals surface area contributed by atoms with Gasteiger partial charge in [-0.15, -0.1) is 0 Å². The van der Waals surface area contributed by atoms with Crippen molar-refractivity contribution in [1.29, 1.82) is 0 Å². The molecule has 4 bridgehead atoms. The first kappa shape index (κ1) is 8.56. The predicted octanol–water partition coefficient (Wildman–Crippen LogP) is -0.934. The van der Waals surface area contributed by atoms with Crippen LogP contribution in [0, 0.1) is 0 Å². The molecule has 4 aliphatic rings. The van der Waals surface area contributed by atoms with Crippen LogP contribution in [0.5, 0.6) is 0 Å². The van der Waals surface area contributed by atoms with Gasteiger partial charge in [0.2, 0.25) is 0 Å². The van der Waals surface area contributed by atoms with Crippen molar-refractivity contribution in [2.24, 2.45) is 0 Å². The SMILES string of the molecule is [Ge]1[CH]2[Ge][CH]3[Ge][CH]1[Ge][CH]([Ge]2)[Ge]3. The Bertz CT molecular complexity index is 101. The Morgan fingerprint density at radius 1 is 0.400 bits per heavy atom. The van der Waals surface area contributed by atoms with Gasteiger partial charge in [0.15, 0.2) is 0 Å². The average molecular weight is 488 g/mol. The van der Waals surface area contributed by atoms with E-state index in [-0.39, 0.29) is 0 Å². The maximum atomic E-state index is 1.65. The molecule has 4 aliphatic heterocycles. The van der Waals surface area contributed by atoms with Gasteiger partial charge in [-0.3, -0.25) is 0 Å². The second-order valence-corrected chi connectivity index (χ2v) is 52.0. The molecule has 4 rings (SSSR count). The molecule has 6 heteroatoms. The molecule has 4 heterocycles. The molecule has 0 nitrogen and oxygen atoms in total. The van der Waals surface area contributed by atoms with Gasteiger partial charge in [0, 0.05) is 0 Å². The summed E-state index contributed by atoms with van der Waals surface area (Å²) in [6, 6.07) is 0. The standard InChI is InChI=1S/C4H4Ge6/c5-1-6-3-8-2(5)9-4(7-1)10-3/h1-4H. The van der Waals surface area contributed by atoms with Crippen LogP contribution < -0.4 is 0 Å². The minimum absolute atomic E-state index is 0.792. The third-order valence-electron chi connectivity index (χ3n) is 2.00. The van der Waals surface area contributed by atoms with Gasteiger partial charge in [-0.2, -0.15) is 0 Å². The van der Waals surface area contributed by atoms with E-state index in [2.05, 4.69) is 0 Å². The fourth-order valence-corrected chi connectivity index (χ4v) is 156. The topological polar surface area (TPSA) is 0 Å². The van der Waals surface area contributed by atoms with Crippen LogP contribution in [0.15, 0.2) is 0 Å². The van der Waals surface area contributed by atoms with E-state index in [9.17, 15) is 0 Å². The van der Waals surface area contributed by atoms with Crippen LogP contribution >= 0.6 is 0 Å². The van der Waals surface area contributed by atoms with Crippen LogP contribution in [0.4, 0.5) is 0 Å². The zero-order valence-electron chi connectivity index (χ0n) is 5.31. The van der Waals surface area contributed by atoms with Gasteiger partial charge in [0.05, 0.1) is 0 Å². The van der Waals surface area contributed by atoms with E-state index in [1.807, 2.05) is 0 Å². The quantitative estimate of drug-likeness (QED) is 0.387. The predicted molar refractivity (Wildman–Crippen MR) is 49.5 cm³/mol. The molecule has 0 aromatic carbocycles. The summed E-state index contributed by atoms with van der Waals surface area (Å²) in [7, 11) is 0. The molecule has 0 atom stereocenters. The number of hydrogen-bond donors (Lipinski definition) is 0. The van der Waals surface area contributed by atoms with E-state index in [1.54, 1.807) is 9.66 Å². The maximum absolute atomic E-state index is 1.65. The van der Waals surface area contributed by atoms with Crippen LogP contribution in [-0.2, 0) is 0 Å². The average Bonchev–Trinajstić information content (AvgIpc) is 1.82. The van der Waals surface area contributed by atoms with Gasteiger partial charge >= 0.3 is 102 Å². The van der Waals surface area contributed by atoms with Gasteiger partial charge in [-0.1, -0.05) is 0 Å². The Labute approximate surface area is 100 Å². The van der Waals surface area contributed by atoms with Crippen molar-refractivity contribution in [3.8, 4) is 0 Å². The summed E-state index contributed by atoms with van der Waals surface area (Å²) in [5.41, 5.74) is 0. The van der Waals surface area contributed by atoms with Gasteiger partial charge in [-0.25, -0.2) is 0 Å². The Kier molecular flexibility index (Phi) is 2.94. The van der Waals surface area contributed by atoms with Crippen LogP contribution in [0.1, 0.15) is 0 Å². The van der Waals surface area contributed by atoms with E-state index in [0.29, 0.717) is 0 Å². The molecule has 0 unspecified atom stereocenters. The molecule has 0 aromatic rings. The van der Waals surface area contributed by atoms with Crippen molar-refractivity contribution in [3.05, 3.63) is 0 Å². The molecule has 4 fully saturated rings. The third kappa shape index (κ3) is 1.59. The number of rotatable bonds is 0. The summed E-state index contributed by atoms with van der Waals surface area (Å²) < 4.78 is 6.58. The Hall–Kier alpha value is 3.26. The Balaban J connectivity index is 1.90. The van der Waals surface area contributed by atoms with Crippen LogP contribution in [0.25, 0.3) is 0 Å². The first-order valence-electron chi connectivity index (χ1n) is 3.46. The summed E-state index contributed by atoms with van der Waals surface area (Å²) in [4.78, 5) is 0.